The zero-order chi connectivity index (χ0) is 15.0. The molecular formula is C13H14FN3O3S. The third kappa shape index (κ3) is 2.77. The minimum Gasteiger partial charge on any atom is -0.493 e. The largest absolute Gasteiger partial charge is 0.493 e. The number of hydrogen-bond acceptors (Lipinski definition) is 4. The molecule has 1 aliphatic heterocycles. The van der Waals surface area contributed by atoms with Crippen LogP contribution in [0.15, 0.2) is 35.5 Å². The lowest BCUT2D eigenvalue weighted by atomic mass is 10.0. The van der Waals surface area contributed by atoms with E-state index in [9.17, 15) is 12.8 Å². The molecule has 0 saturated carbocycles. The van der Waals surface area contributed by atoms with Gasteiger partial charge in [-0.1, -0.05) is 0 Å². The maximum Gasteiger partial charge on any atom is 0.244 e. The van der Waals surface area contributed by atoms with Gasteiger partial charge >= 0.3 is 0 Å². The van der Waals surface area contributed by atoms with E-state index < -0.39 is 21.9 Å². The summed E-state index contributed by atoms with van der Waals surface area (Å²) in [6.45, 7) is 0.374. The van der Waals surface area contributed by atoms with Crippen LogP contribution in [0.1, 0.15) is 18.0 Å². The molecule has 0 amide bonds. The predicted molar refractivity (Wildman–Crippen MR) is 72.8 cm³/mol. The Labute approximate surface area is 121 Å². The maximum absolute atomic E-state index is 13.4. The summed E-state index contributed by atoms with van der Waals surface area (Å²) in [7, 11) is -2.07. The summed E-state index contributed by atoms with van der Waals surface area (Å²) in [4.78, 5) is 0.0782. The SMILES string of the molecule is Cn1cc(S(=O)(=O)N[C@@H]2CCOc3ccc(F)cc32)cn1. The lowest BCUT2D eigenvalue weighted by molar-refractivity contribution is 0.262. The van der Waals surface area contributed by atoms with Crippen molar-refractivity contribution in [3.8, 4) is 5.75 Å². The molecule has 1 atom stereocenters. The molecule has 0 spiro atoms. The molecule has 1 aromatic heterocycles. The van der Waals surface area contributed by atoms with Crippen LogP contribution in [0.3, 0.4) is 0 Å². The van der Waals surface area contributed by atoms with Crippen LogP contribution in [0, 0.1) is 5.82 Å². The Morgan fingerprint density at radius 2 is 2.29 bits per heavy atom. The summed E-state index contributed by atoms with van der Waals surface area (Å²) in [5.74, 6) is 0.0753. The van der Waals surface area contributed by atoms with Crippen molar-refractivity contribution in [2.45, 2.75) is 17.4 Å². The second-order valence-electron chi connectivity index (χ2n) is 4.84. The van der Waals surface area contributed by atoms with Gasteiger partial charge in [-0.15, -0.1) is 0 Å². The van der Waals surface area contributed by atoms with Crippen LogP contribution in [0.2, 0.25) is 0 Å². The van der Waals surface area contributed by atoms with Crippen molar-refractivity contribution in [3.63, 3.8) is 0 Å². The zero-order valence-corrected chi connectivity index (χ0v) is 12.1. The van der Waals surface area contributed by atoms with Gasteiger partial charge in [0.15, 0.2) is 0 Å². The minimum atomic E-state index is -3.71. The molecule has 8 heteroatoms. The second-order valence-corrected chi connectivity index (χ2v) is 6.56. The molecule has 3 rings (SSSR count). The molecule has 0 radical (unpaired) electrons. The van der Waals surface area contributed by atoms with Gasteiger partial charge in [0.05, 0.1) is 18.8 Å². The van der Waals surface area contributed by atoms with Crippen molar-refractivity contribution in [1.29, 1.82) is 0 Å². The molecule has 21 heavy (non-hydrogen) atoms. The molecule has 1 N–H and O–H groups in total. The Morgan fingerprint density at radius 1 is 1.48 bits per heavy atom. The van der Waals surface area contributed by atoms with E-state index in [4.69, 9.17) is 4.74 Å². The van der Waals surface area contributed by atoms with Crippen LogP contribution < -0.4 is 9.46 Å². The quantitative estimate of drug-likeness (QED) is 0.929. The van der Waals surface area contributed by atoms with Crippen molar-refractivity contribution in [1.82, 2.24) is 14.5 Å². The number of nitrogens with zero attached hydrogens (tertiary/aromatic N) is 2. The lowest BCUT2D eigenvalue weighted by Crippen LogP contribution is -2.32. The Kier molecular flexibility index (Phi) is 3.42. The van der Waals surface area contributed by atoms with Gasteiger partial charge in [-0.05, 0) is 18.2 Å². The van der Waals surface area contributed by atoms with E-state index in [0.29, 0.717) is 24.3 Å². The molecule has 0 aliphatic carbocycles. The Bertz CT molecular complexity index is 773. The van der Waals surface area contributed by atoms with Gasteiger partial charge in [0.1, 0.15) is 16.5 Å². The van der Waals surface area contributed by atoms with Crippen LogP contribution in [-0.2, 0) is 17.1 Å². The molecule has 0 bridgehead atoms. The van der Waals surface area contributed by atoms with Gasteiger partial charge in [0.25, 0.3) is 0 Å². The summed E-state index contributed by atoms with van der Waals surface area (Å²) in [6.07, 6.45) is 3.12. The molecule has 6 nitrogen and oxygen atoms in total. The highest BCUT2D eigenvalue weighted by Gasteiger charge is 2.27. The third-order valence-electron chi connectivity index (χ3n) is 3.30. The molecular weight excluding hydrogens is 297 g/mol. The van der Waals surface area contributed by atoms with Crippen molar-refractivity contribution in [2.24, 2.45) is 7.05 Å². The van der Waals surface area contributed by atoms with Crippen molar-refractivity contribution < 1.29 is 17.5 Å². The van der Waals surface area contributed by atoms with E-state index in [-0.39, 0.29) is 4.90 Å². The number of hydrogen-bond donors (Lipinski definition) is 1. The highest BCUT2D eigenvalue weighted by molar-refractivity contribution is 7.89. The molecule has 0 unspecified atom stereocenters. The van der Waals surface area contributed by atoms with Gasteiger partial charge in [-0.2, -0.15) is 5.10 Å². The van der Waals surface area contributed by atoms with Crippen LogP contribution in [0.5, 0.6) is 5.75 Å². The first-order valence-electron chi connectivity index (χ1n) is 6.39. The van der Waals surface area contributed by atoms with Gasteiger partial charge < -0.3 is 4.74 Å². The highest BCUT2D eigenvalue weighted by Crippen LogP contribution is 2.33. The third-order valence-corrected chi connectivity index (χ3v) is 4.73. The first kappa shape index (κ1) is 14.0. The van der Waals surface area contributed by atoms with Crippen molar-refractivity contribution in [3.05, 3.63) is 42.0 Å². The summed E-state index contributed by atoms with van der Waals surface area (Å²) >= 11 is 0. The number of ether oxygens (including phenoxy) is 1. The first-order chi connectivity index (χ1) is 9.95. The number of benzene rings is 1. The van der Waals surface area contributed by atoms with Gasteiger partial charge in [0.2, 0.25) is 10.0 Å². The summed E-state index contributed by atoms with van der Waals surface area (Å²) in [6, 6.07) is 3.58. The minimum absolute atomic E-state index is 0.0782. The maximum atomic E-state index is 13.4. The number of fused-ring (bicyclic) bond motifs is 1. The van der Waals surface area contributed by atoms with Crippen LogP contribution in [-0.4, -0.2) is 24.8 Å². The van der Waals surface area contributed by atoms with E-state index in [1.807, 2.05) is 0 Å². The zero-order valence-electron chi connectivity index (χ0n) is 11.3. The Morgan fingerprint density at radius 3 is 3.00 bits per heavy atom. The van der Waals surface area contributed by atoms with Gasteiger partial charge in [-0.25, -0.2) is 17.5 Å². The fraction of sp³-hybridized carbons (Fsp3) is 0.308. The van der Waals surface area contributed by atoms with E-state index >= 15 is 0 Å². The molecule has 112 valence electrons. The number of aromatic nitrogens is 2. The molecule has 1 aliphatic rings. The summed E-state index contributed by atoms with van der Waals surface area (Å²) in [5, 5.41) is 3.85. The van der Waals surface area contributed by atoms with Crippen LogP contribution in [0.4, 0.5) is 4.39 Å². The van der Waals surface area contributed by atoms with E-state index in [1.54, 1.807) is 7.05 Å². The molecule has 1 aromatic carbocycles. The fourth-order valence-electron chi connectivity index (χ4n) is 2.28. The topological polar surface area (TPSA) is 73.2 Å². The number of sulfonamides is 1. The van der Waals surface area contributed by atoms with Crippen LogP contribution in [0.25, 0.3) is 0 Å². The number of nitrogens with one attached hydrogen (secondary N) is 1. The van der Waals surface area contributed by atoms with Gasteiger partial charge in [0, 0.05) is 25.2 Å². The monoisotopic (exact) mass is 311 g/mol. The predicted octanol–water partition coefficient (Wildman–Crippen LogP) is 1.36. The summed E-state index contributed by atoms with van der Waals surface area (Å²) < 4.78 is 47.4. The molecule has 0 fully saturated rings. The highest BCUT2D eigenvalue weighted by atomic mass is 32.2. The average Bonchev–Trinajstić information content (AvgIpc) is 2.87. The first-order valence-corrected chi connectivity index (χ1v) is 7.87. The molecule has 2 heterocycles. The second kappa shape index (κ2) is 5.12. The van der Waals surface area contributed by atoms with Crippen molar-refractivity contribution in [2.75, 3.05) is 6.61 Å². The average molecular weight is 311 g/mol. The van der Waals surface area contributed by atoms with E-state index in [1.165, 1.54) is 35.3 Å². The number of rotatable bonds is 3. The lowest BCUT2D eigenvalue weighted by Gasteiger charge is -2.26. The Hall–Kier alpha value is -1.93. The fourth-order valence-corrected chi connectivity index (χ4v) is 3.51. The van der Waals surface area contributed by atoms with E-state index in [0.717, 1.165) is 0 Å². The van der Waals surface area contributed by atoms with E-state index in [2.05, 4.69) is 9.82 Å². The molecule has 2 aromatic rings. The number of aryl methyl sites for hydroxylation is 1. The molecule has 0 saturated heterocycles. The van der Waals surface area contributed by atoms with Crippen molar-refractivity contribution >= 4 is 10.0 Å². The summed E-state index contributed by atoms with van der Waals surface area (Å²) in [5.41, 5.74) is 0.508. The smallest absolute Gasteiger partial charge is 0.244 e. The van der Waals surface area contributed by atoms with Crippen LogP contribution >= 0.6 is 0 Å². The standard InChI is InChI=1S/C13H14FN3O3S/c1-17-8-10(7-15-17)21(18,19)16-12-4-5-20-13-3-2-9(14)6-11(12)13/h2-3,6-8,12,16H,4-5H2,1H3/t12-/m1/s1. The Balaban J connectivity index is 1.91. The van der Waals surface area contributed by atoms with Gasteiger partial charge in [-0.3, -0.25) is 4.68 Å². The normalized spacial score (nSPS) is 18.1. The number of halogens is 1.